The highest BCUT2D eigenvalue weighted by molar-refractivity contribution is 9.10. The molecule has 20 heavy (non-hydrogen) atoms. The van der Waals surface area contributed by atoms with E-state index in [2.05, 4.69) is 52.7 Å². The molecule has 1 fully saturated rings. The van der Waals surface area contributed by atoms with Crippen LogP contribution >= 0.6 is 15.9 Å². The van der Waals surface area contributed by atoms with E-state index in [1.807, 2.05) is 6.07 Å². The molecule has 4 heteroatoms. The second kappa shape index (κ2) is 4.92. The van der Waals surface area contributed by atoms with Crippen molar-refractivity contribution in [3.63, 3.8) is 0 Å². The van der Waals surface area contributed by atoms with Crippen molar-refractivity contribution in [1.29, 1.82) is 0 Å². The van der Waals surface area contributed by atoms with Gasteiger partial charge in [-0.15, -0.1) is 0 Å². The van der Waals surface area contributed by atoms with Gasteiger partial charge in [-0.3, -0.25) is 4.79 Å². The van der Waals surface area contributed by atoms with E-state index in [1.165, 1.54) is 16.5 Å². The van der Waals surface area contributed by atoms with Crippen LogP contribution in [0.5, 0.6) is 0 Å². The maximum atomic E-state index is 11.1. The molecule has 1 saturated carbocycles. The SMILES string of the molecule is CC(C)Cn1cc([C@@H]2C[C@H]2C(=O)O)c2ccc(Br)cc21. The third-order valence-electron chi connectivity index (χ3n) is 3.94. The number of rotatable bonds is 4. The molecule has 2 atom stereocenters. The van der Waals surface area contributed by atoms with Crippen molar-refractivity contribution in [1.82, 2.24) is 4.57 Å². The molecule has 0 radical (unpaired) electrons. The minimum absolute atomic E-state index is 0.185. The topological polar surface area (TPSA) is 42.2 Å². The first-order chi connectivity index (χ1) is 9.47. The van der Waals surface area contributed by atoms with E-state index in [9.17, 15) is 4.79 Å². The number of hydrogen-bond donors (Lipinski definition) is 1. The number of benzene rings is 1. The molecule has 0 bridgehead atoms. The van der Waals surface area contributed by atoms with E-state index in [1.54, 1.807) is 0 Å². The van der Waals surface area contributed by atoms with E-state index in [4.69, 9.17) is 5.11 Å². The summed E-state index contributed by atoms with van der Waals surface area (Å²) in [6.07, 6.45) is 2.93. The van der Waals surface area contributed by atoms with Crippen LogP contribution in [-0.4, -0.2) is 15.6 Å². The van der Waals surface area contributed by atoms with Gasteiger partial charge in [0.25, 0.3) is 0 Å². The van der Waals surface area contributed by atoms with Crippen molar-refractivity contribution in [2.45, 2.75) is 32.7 Å². The molecule has 0 saturated heterocycles. The van der Waals surface area contributed by atoms with Gasteiger partial charge in [0.15, 0.2) is 0 Å². The van der Waals surface area contributed by atoms with Crippen LogP contribution in [0.15, 0.2) is 28.9 Å². The third-order valence-corrected chi connectivity index (χ3v) is 4.44. The Morgan fingerprint density at radius 2 is 2.25 bits per heavy atom. The predicted octanol–water partition coefficient (Wildman–Crippen LogP) is 4.25. The molecule has 3 rings (SSSR count). The lowest BCUT2D eigenvalue weighted by molar-refractivity contribution is -0.138. The first-order valence-electron chi connectivity index (χ1n) is 6.98. The summed E-state index contributed by atoms with van der Waals surface area (Å²) in [6.45, 7) is 5.35. The Kier molecular flexibility index (Phi) is 3.36. The van der Waals surface area contributed by atoms with E-state index >= 15 is 0 Å². The van der Waals surface area contributed by atoms with Crippen LogP contribution in [0.4, 0.5) is 0 Å². The zero-order valence-corrected chi connectivity index (χ0v) is 13.2. The molecule has 1 N–H and O–H groups in total. The second-order valence-corrected chi connectivity index (χ2v) is 6.99. The highest BCUT2D eigenvalue weighted by Crippen LogP contribution is 2.50. The maximum Gasteiger partial charge on any atom is 0.307 e. The van der Waals surface area contributed by atoms with E-state index in [0.29, 0.717) is 5.92 Å². The number of carboxylic acid groups (broad SMARTS) is 1. The van der Waals surface area contributed by atoms with Crippen LogP contribution in [0, 0.1) is 11.8 Å². The number of carbonyl (C=O) groups is 1. The van der Waals surface area contributed by atoms with Crippen LogP contribution in [0.25, 0.3) is 10.9 Å². The molecule has 1 heterocycles. The Hall–Kier alpha value is -1.29. The van der Waals surface area contributed by atoms with Gasteiger partial charge in [-0.2, -0.15) is 0 Å². The zero-order valence-electron chi connectivity index (χ0n) is 11.6. The van der Waals surface area contributed by atoms with Gasteiger partial charge in [-0.25, -0.2) is 0 Å². The first kappa shape index (κ1) is 13.7. The molecule has 0 amide bonds. The van der Waals surface area contributed by atoms with Crippen LogP contribution in [0.2, 0.25) is 0 Å². The summed E-state index contributed by atoms with van der Waals surface area (Å²) in [7, 11) is 0. The molecule has 0 aliphatic heterocycles. The van der Waals surface area contributed by atoms with Gasteiger partial charge in [0, 0.05) is 34.0 Å². The first-order valence-corrected chi connectivity index (χ1v) is 7.77. The van der Waals surface area contributed by atoms with Crippen LogP contribution in [0.3, 0.4) is 0 Å². The minimum Gasteiger partial charge on any atom is -0.481 e. The highest BCUT2D eigenvalue weighted by atomic mass is 79.9. The standard InChI is InChI=1S/C16H18BrNO2/c1-9(2)7-18-8-14(12-6-13(12)16(19)20)11-4-3-10(17)5-15(11)18/h3-5,8-9,12-13H,6-7H2,1-2H3,(H,19,20)/t12-,13-/m1/s1. The van der Waals surface area contributed by atoms with Crippen molar-refractivity contribution in [2.75, 3.05) is 0 Å². The fraction of sp³-hybridized carbons (Fsp3) is 0.438. The minimum atomic E-state index is -0.670. The van der Waals surface area contributed by atoms with Gasteiger partial charge in [0.1, 0.15) is 0 Å². The average molecular weight is 336 g/mol. The van der Waals surface area contributed by atoms with E-state index in [-0.39, 0.29) is 11.8 Å². The fourth-order valence-corrected chi connectivity index (χ4v) is 3.29. The zero-order chi connectivity index (χ0) is 14.4. The second-order valence-electron chi connectivity index (χ2n) is 6.08. The number of aromatic nitrogens is 1. The van der Waals surface area contributed by atoms with E-state index < -0.39 is 5.97 Å². The number of hydrogen-bond acceptors (Lipinski definition) is 1. The van der Waals surface area contributed by atoms with Crippen molar-refractivity contribution in [3.05, 3.63) is 34.4 Å². The van der Waals surface area contributed by atoms with Gasteiger partial charge in [-0.05, 0) is 30.0 Å². The molecule has 0 unspecified atom stereocenters. The average Bonchev–Trinajstić information content (AvgIpc) is 3.08. The smallest absolute Gasteiger partial charge is 0.307 e. The Bertz CT molecular complexity index is 674. The Morgan fingerprint density at radius 3 is 2.85 bits per heavy atom. The third kappa shape index (κ3) is 2.37. The fourth-order valence-electron chi connectivity index (χ4n) is 2.95. The van der Waals surface area contributed by atoms with Crippen molar-refractivity contribution in [3.8, 4) is 0 Å². The van der Waals surface area contributed by atoms with Crippen molar-refractivity contribution >= 4 is 32.8 Å². The number of carboxylic acids is 1. The number of aliphatic carboxylic acids is 1. The quantitative estimate of drug-likeness (QED) is 0.907. The van der Waals surface area contributed by atoms with Gasteiger partial charge in [0.2, 0.25) is 0 Å². The summed E-state index contributed by atoms with van der Waals surface area (Å²) in [5.74, 6) is -0.120. The largest absolute Gasteiger partial charge is 0.481 e. The molecule has 0 spiro atoms. The highest BCUT2D eigenvalue weighted by Gasteiger charge is 2.45. The summed E-state index contributed by atoms with van der Waals surface area (Å²) in [5.41, 5.74) is 2.39. The Balaban J connectivity index is 2.07. The lowest BCUT2D eigenvalue weighted by Crippen LogP contribution is -2.02. The van der Waals surface area contributed by atoms with Gasteiger partial charge in [-0.1, -0.05) is 35.8 Å². The molecular weight excluding hydrogens is 318 g/mol. The number of fused-ring (bicyclic) bond motifs is 1. The summed E-state index contributed by atoms with van der Waals surface area (Å²) >= 11 is 3.52. The molecule has 1 aromatic heterocycles. The molecule has 3 nitrogen and oxygen atoms in total. The van der Waals surface area contributed by atoms with Crippen LogP contribution < -0.4 is 0 Å². The van der Waals surface area contributed by atoms with Crippen molar-refractivity contribution < 1.29 is 9.90 Å². The Labute approximate surface area is 126 Å². The maximum absolute atomic E-state index is 11.1. The lowest BCUT2D eigenvalue weighted by Gasteiger charge is -2.08. The van der Waals surface area contributed by atoms with Gasteiger partial charge in [0.05, 0.1) is 5.92 Å². The van der Waals surface area contributed by atoms with Gasteiger partial charge >= 0.3 is 5.97 Å². The van der Waals surface area contributed by atoms with E-state index in [0.717, 1.165) is 17.4 Å². The van der Waals surface area contributed by atoms with Crippen LogP contribution in [-0.2, 0) is 11.3 Å². The predicted molar refractivity (Wildman–Crippen MR) is 83.0 cm³/mol. The summed E-state index contributed by atoms with van der Waals surface area (Å²) in [5, 5.41) is 10.3. The van der Waals surface area contributed by atoms with Gasteiger partial charge < -0.3 is 9.67 Å². The molecule has 1 aliphatic carbocycles. The monoisotopic (exact) mass is 335 g/mol. The number of nitrogens with zero attached hydrogens (tertiary/aromatic N) is 1. The lowest BCUT2D eigenvalue weighted by atomic mass is 10.1. The number of halogens is 1. The Morgan fingerprint density at radius 1 is 1.50 bits per heavy atom. The summed E-state index contributed by atoms with van der Waals surface area (Å²) in [4.78, 5) is 11.1. The van der Waals surface area contributed by atoms with Crippen molar-refractivity contribution in [2.24, 2.45) is 11.8 Å². The summed E-state index contributed by atoms with van der Waals surface area (Å²) in [6, 6.07) is 6.26. The van der Waals surface area contributed by atoms with Crippen LogP contribution in [0.1, 0.15) is 31.7 Å². The normalized spacial score (nSPS) is 21.6. The molecule has 106 valence electrons. The molecule has 1 aliphatic rings. The molecule has 2 aromatic rings. The molecular formula is C16H18BrNO2. The molecule has 1 aromatic carbocycles. The summed E-state index contributed by atoms with van der Waals surface area (Å²) < 4.78 is 3.32.